The molecule has 0 unspecified atom stereocenters. The third-order valence-corrected chi connectivity index (χ3v) is 6.00. The van der Waals surface area contributed by atoms with Gasteiger partial charge in [-0.2, -0.15) is 9.40 Å². The molecule has 4 rings (SSSR count). The molecule has 1 aliphatic heterocycles. The Balaban J connectivity index is 1.58. The van der Waals surface area contributed by atoms with Crippen molar-refractivity contribution in [2.45, 2.75) is 17.5 Å². The Labute approximate surface area is 151 Å². The van der Waals surface area contributed by atoms with E-state index in [0.29, 0.717) is 12.4 Å². The van der Waals surface area contributed by atoms with Crippen molar-refractivity contribution in [3.05, 3.63) is 67.0 Å². The Morgan fingerprint density at radius 3 is 2.62 bits per heavy atom. The molecule has 3 aromatic heterocycles. The minimum Gasteiger partial charge on any atom is -0.490 e. The van der Waals surface area contributed by atoms with Crippen molar-refractivity contribution in [2.24, 2.45) is 0 Å². The SMILES string of the molecule is O=S(=O)(c1cccnc1)N1Cc2ccnn2[C@H](COc2cccnc2)C1. The highest BCUT2D eigenvalue weighted by atomic mass is 32.2. The highest BCUT2D eigenvalue weighted by Gasteiger charge is 2.34. The molecule has 0 spiro atoms. The van der Waals surface area contributed by atoms with Gasteiger partial charge in [-0.05, 0) is 30.3 Å². The van der Waals surface area contributed by atoms with Gasteiger partial charge in [-0.25, -0.2) is 8.42 Å². The Kier molecular flexibility index (Phi) is 4.39. The Morgan fingerprint density at radius 1 is 1.08 bits per heavy atom. The van der Waals surface area contributed by atoms with E-state index in [9.17, 15) is 8.42 Å². The minimum absolute atomic E-state index is 0.180. The van der Waals surface area contributed by atoms with Crippen LogP contribution in [0.1, 0.15) is 11.7 Å². The molecule has 8 nitrogen and oxygen atoms in total. The fourth-order valence-corrected chi connectivity index (χ4v) is 4.35. The van der Waals surface area contributed by atoms with Crippen LogP contribution in [0.25, 0.3) is 0 Å². The van der Waals surface area contributed by atoms with Crippen molar-refractivity contribution in [1.82, 2.24) is 24.1 Å². The predicted molar refractivity (Wildman–Crippen MR) is 92.8 cm³/mol. The zero-order valence-electron chi connectivity index (χ0n) is 13.8. The summed E-state index contributed by atoms with van der Waals surface area (Å²) in [6.07, 6.45) is 7.88. The van der Waals surface area contributed by atoms with Gasteiger partial charge < -0.3 is 4.74 Å². The van der Waals surface area contributed by atoms with Crippen LogP contribution < -0.4 is 4.74 Å². The average molecular weight is 371 g/mol. The molecule has 0 saturated carbocycles. The lowest BCUT2D eigenvalue weighted by Crippen LogP contribution is -2.43. The lowest BCUT2D eigenvalue weighted by molar-refractivity contribution is 0.182. The maximum absolute atomic E-state index is 12.9. The molecule has 3 aromatic rings. The van der Waals surface area contributed by atoms with Gasteiger partial charge in [-0.15, -0.1) is 0 Å². The van der Waals surface area contributed by atoms with E-state index in [1.807, 2.05) is 16.8 Å². The second-order valence-electron chi connectivity index (χ2n) is 5.91. The lowest BCUT2D eigenvalue weighted by Gasteiger charge is -2.32. The van der Waals surface area contributed by atoms with Crippen molar-refractivity contribution >= 4 is 10.0 Å². The third kappa shape index (κ3) is 3.18. The normalized spacial score (nSPS) is 17.6. The van der Waals surface area contributed by atoms with Gasteiger partial charge in [0.05, 0.1) is 18.4 Å². The average Bonchev–Trinajstić information content (AvgIpc) is 3.16. The topological polar surface area (TPSA) is 90.2 Å². The maximum atomic E-state index is 12.9. The van der Waals surface area contributed by atoms with Gasteiger partial charge in [0.2, 0.25) is 10.0 Å². The summed E-state index contributed by atoms with van der Waals surface area (Å²) in [5, 5.41) is 4.33. The number of fused-ring (bicyclic) bond motifs is 1. The Hall–Kier alpha value is -2.78. The van der Waals surface area contributed by atoms with Crippen LogP contribution in [-0.4, -0.2) is 45.6 Å². The molecule has 9 heteroatoms. The first kappa shape index (κ1) is 16.7. The number of aromatic nitrogens is 4. The van der Waals surface area contributed by atoms with Crippen LogP contribution >= 0.6 is 0 Å². The van der Waals surface area contributed by atoms with Crippen molar-refractivity contribution in [1.29, 1.82) is 0 Å². The molecule has 26 heavy (non-hydrogen) atoms. The molecule has 0 radical (unpaired) electrons. The molecule has 0 N–H and O–H groups in total. The molecule has 0 aromatic carbocycles. The largest absolute Gasteiger partial charge is 0.490 e. The van der Waals surface area contributed by atoms with E-state index >= 15 is 0 Å². The van der Waals surface area contributed by atoms with Crippen LogP contribution in [0.4, 0.5) is 0 Å². The van der Waals surface area contributed by atoms with E-state index in [1.54, 1.807) is 43.0 Å². The van der Waals surface area contributed by atoms with Gasteiger partial charge in [0, 0.05) is 31.3 Å². The Bertz CT molecular complexity index is 976. The van der Waals surface area contributed by atoms with Crippen LogP contribution in [0.5, 0.6) is 5.75 Å². The van der Waals surface area contributed by atoms with E-state index in [1.165, 1.54) is 10.5 Å². The first-order valence-corrected chi connectivity index (χ1v) is 9.54. The van der Waals surface area contributed by atoms with Gasteiger partial charge in [0.1, 0.15) is 23.3 Å². The summed E-state index contributed by atoms with van der Waals surface area (Å²) in [7, 11) is -3.64. The molecule has 0 aliphatic carbocycles. The maximum Gasteiger partial charge on any atom is 0.245 e. The van der Waals surface area contributed by atoms with E-state index in [-0.39, 0.29) is 24.0 Å². The summed E-state index contributed by atoms with van der Waals surface area (Å²) in [5.74, 6) is 0.633. The van der Waals surface area contributed by atoms with E-state index in [0.717, 1.165) is 5.69 Å². The van der Waals surface area contributed by atoms with Crippen molar-refractivity contribution in [3.63, 3.8) is 0 Å². The van der Waals surface area contributed by atoms with Crippen LogP contribution in [0.15, 0.2) is 66.2 Å². The van der Waals surface area contributed by atoms with Gasteiger partial charge in [-0.3, -0.25) is 14.6 Å². The van der Waals surface area contributed by atoms with Crippen molar-refractivity contribution in [2.75, 3.05) is 13.2 Å². The fraction of sp³-hybridized carbons (Fsp3) is 0.235. The molecule has 0 saturated heterocycles. The summed E-state index contributed by atoms with van der Waals surface area (Å²) in [5.41, 5.74) is 0.823. The third-order valence-electron chi connectivity index (χ3n) is 4.20. The number of ether oxygens (including phenoxy) is 1. The highest BCUT2D eigenvalue weighted by molar-refractivity contribution is 7.89. The number of hydrogen-bond acceptors (Lipinski definition) is 6. The van der Waals surface area contributed by atoms with Crippen LogP contribution in [0, 0.1) is 0 Å². The summed E-state index contributed by atoms with van der Waals surface area (Å²) in [4.78, 5) is 8.12. The molecule has 134 valence electrons. The first-order chi connectivity index (χ1) is 12.6. The minimum atomic E-state index is -3.64. The molecular formula is C17H17N5O3S. The second-order valence-corrected chi connectivity index (χ2v) is 7.84. The number of pyridine rings is 2. The zero-order valence-corrected chi connectivity index (χ0v) is 14.7. The van der Waals surface area contributed by atoms with E-state index in [4.69, 9.17) is 4.74 Å². The monoisotopic (exact) mass is 371 g/mol. The fourth-order valence-electron chi connectivity index (χ4n) is 2.93. The molecule has 0 bridgehead atoms. The molecule has 1 aliphatic rings. The van der Waals surface area contributed by atoms with Crippen LogP contribution in [-0.2, 0) is 16.6 Å². The van der Waals surface area contributed by atoms with Gasteiger partial charge in [0.15, 0.2) is 0 Å². The molecule has 4 heterocycles. The number of hydrogen-bond donors (Lipinski definition) is 0. The summed E-state index contributed by atoms with van der Waals surface area (Å²) in [6, 6.07) is 8.35. The predicted octanol–water partition coefficient (Wildman–Crippen LogP) is 1.50. The Morgan fingerprint density at radius 2 is 1.88 bits per heavy atom. The number of rotatable bonds is 5. The molecule has 0 amide bonds. The standard InChI is InChI=1S/C17H17N5O3S/c23-26(24,17-4-2-7-19-10-17)21-11-14-5-8-20-22(14)15(12-21)13-25-16-3-1-6-18-9-16/h1-10,15H,11-13H2/t15-/m0/s1. The number of nitrogens with zero attached hydrogens (tertiary/aromatic N) is 5. The van der Waals surface area contributed by atoms with Crippen LogP contribution in [0.2, 0.25) is 0 Å². The van der Waals surface area contributed by atoms with Gasteiger partial charge >= 0.3 is 0 Å². The smallest absolute Gasteiger partial charge is 0.245 e. The summed E-state index contributed by atoms with van der Waals surface area (Å²) in [6.45, 7) is 0.826. The first-order valence-electron chi connectivity index (χ1n) is 8.10. The number of sulfonamides is 1. The summed E-state index contributed by atoms with van der Waals surface area (Å²) < 4.78 is 34.9. The molecule has 1 atom stereocenters. The lowest BCUT2D eigenvalue weighted by atomic mass is 10.2. The molecule has 0 fully saturated rings. The van der Waals surface area contributed by atoms with E-state index in [2.05, 4.69) is 15.1 Å². The van der Waals surface area contributed by atoms with Crippen molar-refractivity contribution < 1.29 is 13.2 Å². The molecular weight excluding hydrogens is 354 g/mol. The van der Waals surface area contributed by atoms with Gasteiger partial charge in [0.25, 0.3) is 0 Å². The van der Waals surface area contributed by atoms with E-state index < -0.39 is 10.0 Å². The van der Waals surface area contributed by atoms with Crippen molar-refractivity contribution in [3.8, 4) is 5.75 Å². The quantitative estimate of drug-likeness (QED) is 0.675. The summed E-state index contributed by atoms with van der Waals surface area (Å²) >= 11 is 0. The zero-order chi connectivity index (χ0) is 18.0. The second kappa shape index (κ2) is 6.85. The van der Waals surface area contributed by atoms with Crippen LogP contribution in [0.3, 0.4) is 0 Å². The highest BCUT2D eigenvalue weighted by Crippen LogP contribution is 2.26. The van der Waals surface area contributed by atoms with Gasteiger partial charge in [-0.1, -0.05) is 0 Å².